The molecule has 0 radical (unpaired) electrons. The molecule has 13 heteroatoms. The maximum atomic E-state index is 13.1. The lowest BCUT2D eigenvalue weighted by Gasteiger charge is -2.40. The summed E-state index contributed by atoms with van der Waals surface area (Å²) in [5.74, 6) is 0. The molecule has 0 bridgehead atoms. The molecule has 1 amide bonds. The van der Waals surface area contributed by atoms with Gasteiger partial charge < -0.3 is 9.47 Å². The van der Waals surface area contributed by atoms with Crippen molar-refractivity contribution in [2.24, 2.45) is 0 Å². The number of rotatable bonds is 4. The van der Waals surface area contributed by atoms with Crippen LogP contribution >= 0.6 is 45.0 Å². The second-order valence-corrected chi connectivity index (χ2v) is 10.5. The first kappa shape index (κ1) is 22.4. The van der Waals surface area contributed by atoms with Crippen LogP contribution in [0, 0.1) is 0 Å². The summed E-state index contributed by atoms with van der Waals surface area (Å²) in [6.07, 6.45) is 0.610. The van der Waals surface area contributed by atoms with E-state index in [0.29, 0.717) is 12.0 Å². The molecule has 1 aromatic carbocycles. The summed E-state index contributed by atoms with van der Waals surface area (Å²) in [6, 6.07) is 1.28. The highest BCUT2D eigenvalue weighted by Crippen LogP contribution is 3.02. The molecular weight excluding hydrogens is 464 g/mol. The van der Waals surface area contributed by atoms with Crippen LogP contribution in [0.3, 0.4) is 0 Å². The van der Waals surface area contributed by atoms with Crippen LogP contribution in [-0.2, 0) is 9.47 Å². The Bertz CT molecular complexity index is 781. The molecular formula is C14H13Cl3F5NO3S. The van der Waals surface area contributed by atoms with Crippen LogP contribution in [0.2, 0.25) is 0 Å². The SMILES string of the molecule is O=C(Nc1cc(S(F)(F)(F)(F)F)ccc1C1=CCOCC1)OCC(Cl)(Cl)Cl. The van der Waals surface area contributed by atoms with Crippen molar-refractivity contribution in [2.45, 2.75) is 15.1 Å². The van der Waals surface area contributed by atoms with Gasteiger partial charge in [-0.2, -0.15) is 0 Å². The molecule has 0 aliphatic carbocycles. The molecule has 0 fully saturated rings. The number of hydrogen-bond donors (Lipinski definition) is 1. The van der Waals surface area contributed by atoms with Gasteiger partial charge in [0.05, 0.1) is 18.9 Å². The Hall–Kier alpha value is -0.940. The van der Waals surface area contributed by atoms with Gasteiger partial charge in [0.25, 0.3) is 0 Å². The van der Waals surface area contributed by atoms with Crippen LogP contribution < -0.4 is 5.32 Å². The van der Waals surface area contributed by atoms with Gasteiger partial charge in [-0.25, -0.2) is 4.79 Å². The summed E-state index contributed by atoms with van der Waals surface area (Å²) in [7, 11) is -9.95. The van der Waals surface area contributed by atoms with Crippen LogP contribution in [0.4, 0.5) is 29.9 Å². The zero-order chi connectivity index (χ0) is 20.6. The van der Waals surface area contributed by atoms with Gasteiger partial charge in [0.15, 0.2) is 0 Å². The number of carbonyl (C=O) groups excluding carboxylic acids is 1. The van der Waals surface area contributed by atoms with Crippen molar-refractivity contribution < 1.29 is 33.7 Å². The Kier molecular flexibility index (Phi) is 5.66. The van der Waals surface area contributed by atoms with Crippen LogP contribution in [0.1, 0.15) is 12.0 Å². The van der Waals surface area contributed by atoms with Gasteiger partial charge in [-0.3, -0.25) is 5.32 Å². The number of benzene rings is 1. The fraction of sp³-hybridized carbons (Fsp3) is 0.357. The molecule has 0 spiro atoms. The Morgan fingerprint density at radius 1 is 1.22 bits per heavy atom. The molecule has 1 heterocycles. The smallest absolute Gasteiger partial charge is 0.411 e. The van der Waals surface area contributed by atoms with Gasteiger partial charge in [0, 0.05) is 5.56 Å². The maximum absolute atomic E-state index is 13.1. The standard InChI is InChI=1S/C14H13Cl3F5NO3S/c15-14(16,17)8-26-13(24)23-12-7-10(27(18,19,20,21)22)1-2-11(12)9-3-5-25-6-4-9/h1-3,7H,4-6,8H2,(H,23,24). The Morgan fingerprint density at radius 2 is 1.89 bits per heavy atom. The van der Waals surface area contributed by atoms with Gasteiger partial charge in [-0.15, -0.1) is 0 Å². The first-order chi connectivity index (χ1) is 12.0. The van der Waals surface area contributed by atoms with Crippen LogP contribution in [0.15, 0.2) is 29.2 Å². The van der Waals surface area contributed by atoms with Crippen LogP contribution in [-0.4, -0.2) is 29.7 Å². The lowest BCUT2D eigenvalue weighted by molar-refractivity contribution is 0.161. The summed E-state index contributed by atoms with van der Waals surface area (Å²) in [5, 5.41) is 1.99. The lowest BCUT2D eigenvalue weighted by atomic mass is 10.00. The molecule has 0 saturated heterocycles. The van der Waals surface area contributed by atoms with E-state index < -0.39 is 37.3 Å². The lowest BCUT2D eigenvalue weighted by Crippen LogP contribution is -2.22. The van der Waals surface area contributed by atoms with Gasteiger partial charge in [0.2, 0.25) is 3.79 Å². The van der Waals surface area contributed by atoms with Crippen molar-refractivity contribution in [2.75, 3.05) is 25.1 Å². The highest BCUT2D eigenvalue weighted by molar-refractivity contribution is 8.45. The predicted molar refractivity (Wildman–Crippen MR) is 96.5 cm³/mol. The van der Waals surface area contributed by atoms with E-state index in [0.717, 1.165) is 6.07 Å². The van der Waals surface area contributed by atoms with E-state index in [4.69, 9.17) is 39.5 Å². The summed E-state index contributed by atoms with van der Waals surface area (Å²) >= 11 is 16.2. The van der Waals surface area contributed by atoms with E-state index >= 15 is 0 Å². The average molecular weight is 477 g/mol. The summed E-state index contributed by atoms with van der Waals surface area (Å²) in [4.78, 5) is 9.65. The summed E-state index contributed by atoms with van der Waals surface area (Å²) < 4.78 is 73.3. The van der Waals surface area contributed by atoms with E-state index in [-0.39, 0.29) is 30.9 Å². The van der Waals surface area contributed by atoms with Crippen LogP contribution in [0.5, 0.6) is 0 Å². The molecule has 1 aromatic rings. The molecule has 27 heavy (non-hydrogen) atoms. The zero-order valence-electron chi connectivity index (χ0n) is 13.3. The maximum Gasteiger partial charge on any atom is 0.411 e. The number of alkyl halides is 3. The predicted octanol–water partition coefficient (Wildman–Crippen LogP) is 7.07. The van der Waals surface area contributed by atoms with E-state index in [1.54, 1.807) is 6.08 Å². The second kappa shape index (κ2) is 6.84. The molecule has 0 atom stereocenters. The molecule has 154 valence electrons. The number of halogens is 8. The Balaban J connectivity index is 2.41. The Labute approximate surface area is 166 Å². The van der Waals surface area contributed by atoms with Crippen molar-refractivity contribution in [3.8, 4) is 0 Å². The third kappa shape index (κ3) is 6.86. The van der Waals surface area contributed by atoms with Gasteiger partial charge in [-0.05, 0) is 24.1 Å². The number of amides is 1. The number of nitrogens with one attached hydrogen (secondary N) is 1. The Morgan fingerprint density at radius 3 is 2.41 bits per heavy atom. The molecule has 1 aliphatic heterocycles. The number of anilines is 1. The summed E-state index contributed by atoms with van der Waals surface area (Å²) in [6.45, 7) is -0.224. The van der Waals surface area contributed by atoms with Gasteiger partial charge >= 0.3 is 16.3 Å². The molecule has 0 unspecified atom stereocenters. The molecule has 2 rings (SSSR count). The molecule has 4 nitrogen and oxygen atoms in total. The summed E-state index contributed by atoms with van der Waals surface area (Å²) in [5.41, 5.74) is 0.129. The van der Waals surface area contributed by atoms with E-state index in [2.05, 4.69) is 4.74 Å². The van der Waals surface area contributed by atoms with Crippen molar-refractivity contribution >= 4 is 62.4 Å². The average Bonchev–Trinajstić information content (AvgIpc) is 2.51. The minimum Gasteiger partial charge on any atom is -0.445 e. The molecule has 0 saturated carbocycles. The quantitative estimate of drug-likeness (QED) is 0.373. The fourth-order valence-electron chi connectivity index (χ4n) is 2.21. The third-order valence-corrected chi connectivity index (χ3v) is 4.82. The van der Waals surface area contributed by atoms with E-state index in [1.807, 2.05) is 5.32 Å². The largest absolute Gasteiger partial charge is 0.445 e. The molecule has 0 aromatic heterocycles. The highest BCUT2D eigenvalue weighted by atomic mass is 35.6. The first-order valence-electron chi connectivity index (χ1n) is 7.21. The number of ether oxygens (including phenoxy) is 2. The van der Waals surface area contributed by atoms with E-state index in [9.17, 15) is 24.2 Å². The van der Waals surface area contributed by atoms with Crippen molar-refractivity contribution in [3.05, 3.63) is 29.8 Å². The third-order valence-electron chi connectivity index (χ3n) is 3.35. The topological polar surface area (TPSA) is 47.6 Å². The zero-order valence-corrected chi connectivity index (χ0v) is 16.4. The number of carbonyl (C=O) groups is 1. The van der Waals surface area contributed by atoms with Crippen LogP contribution in [0.25, 0.3) is 5.57 Å². The van der Waals surface area contributed by atoms with Gasteiger partial charge in [-0.1, -0.05) is 66.4 Å². The van der Waals surface area contributed by atoms with Crippen molar-refractivity contribution in [1.82, 2.24) is 0 Å². The highest BCUT2D eigenvalue weighted by Gasteiger charge is 2.65. The number of hydrogen-bond acceptors (Lipinski definition) is 3. The van der Waals surface area contributed by atoms with E-state index in [1.165, 1.54) is 0 Å². The monoisotopic (exact) mass is 475 g/mol. The first-order valence-corrected chi connectivity index (χ1v) is 10.3. The molecule has 1 aliphatic rings. The minimum atomic E-state index is -9.95. The fourth-order valence-corrected chi connectivity index (χ4v) is 3.04. The normalized spacial score (nSPS) is 18.1. The van der Waals surface area contributed by atoms with Gasteiger partial charge in [0.1, 0.15) is 11.5 Å². The second-order valence-electron chi connectivity index (χ2n) is 5.55. The van der Waals surface area contributed by atoms with Crippen molar-refractivity contribution in [3.63, 3.8) is 0 Å². The molecule has 1 N–H and O–H groups in total. The van der Waals surface area contributed by atoms with Crippen molar-refractivity contribution in [1.29, 1.82) is 0 Å². The minimum absolute atomic E-state index is 0.120.